The Morgan fingerprint density at radius 2 is 0.981 bits per heavy atom. The first-order valence-corrected chi connectivity index (χ1v) is 17.2. The molecule has 0 bridgehead atoms. The van der Waals surface area contributed by atoms with Gasteiger partial charge >= 0.3 is 0 Å². The Bertz CT molecular complexity index is 1130. The molecular formula is C29H55N5O18. The third kappa shape index (κ3) is 8.57. The highest BCUT2D eigenvalue weighted by Crippen LogP contribution is 2.35. The first-order chi connectivity index (χ1) is 24.6. The van der Waals surface area contributed by atoms with Gasteiger partial charge in [-0.2, -0.15) is 0 Å². The number of hydrogen-bond donors (Lipinski definition) is 15. The Morgan fingerprint density at radius 3 is 1.62 bits per heavy atom. The van der Waals surface area contributed by atoms with E-state index in [4.69, 9.17) is 66.6 Å². The molecule has 20 N–H and O–H groups in total. The molecule has 0 aromatic heterocycles. The summed E-state index contributed by atoms with van der Waals surface area (Å²) in [6.07, 6.45) is -27.2. The van der Waals surface area contributed by atoms with Crippen molar-refractivity contribution in [3.63, 3.8) is 0 Å². The summed E-state index contributed by atoms with van der Waals surface area (Å²) in [5.41, 5.74) is 30.9. The number of rotatable bonds is 12. The van der Waals surface area contributed by atoms with Gasteiger partial charge in [-0.15, -0.1) is 0 Å². The molecule has 5 rings (SSSR count). The minimum absolute atomic E-state index is 0.0227. The van der Waals surface area contributed by atoms with Crippen LogP contribution in [0.3, 0.4) is 0 Å². The number of aliphatic hydroxyl groups excluding tert-OH is 10. The summed E-state index contributed by atoms with van der Waals surface area (Å²) in [4.78, 5) is 0. The van der Waals surface area contributed by atoms with E-state index in [2.05, 4.69) is 0 Å². The van der Waals surface area contributed by atoms with Gasteiger partial charge in [0.25, 0.3) is 0 Å². The van der Waals surface area contributed by atoms with Crippen molar-refractivity contribution in [2.75, 3.05) is 26.4 Å². The van der Waals surface area contributed by atoms with Gasteiger partial charge in [-0.1, -0.05) is 0 Å². The van der Waals surface area contributed by atoms with Gasteiger partial charge in [0, 0.05) is 18.6 Å². The molecule has 0 amide bonds. The maximum Gasteiger partial charge on any atom is 0.187 e. The first-order valence-electron chi connectivity index (χ1n) is 17.2. The lowest BCUT2D eigenvalue weighted by atomic mass is 9.84. The molecule has 1 saturated carbocycles. The van der Waals surface area contributed by atoms with E-state index >= 15 is 0 Å². The largest absolute Gasteiger partial charge is 0.394 e. The molecule has 0 unspecified atom stereocenters. The van der Waals surface area contributed by atoms with Crippen molar-refractivity contribution in [3.8, 4) is 0 Å². The highest BCUT2D eigenvalue weighted by molar-refractivity contribution is 5.02. The van der Waals surface area contributed by atoms with Crippen LogP contribution in [0, 0.1) is 0 Å². The Kier molecular flexibility index (Phi) is 14.5. The fourth-order valence-electron chi connectivity index (χ4n) is 7.17. The quantitative estimate of drug-likeness (QED) is 0.0877. The standard InChI is InChI=1S/C29H55N5O18/c30-3-11-18(41)24(51-28-20(43)19(42)17(40)13(5-36)47-28)15(34)27(45-11)50-23-14(6-37)48-29(21(23)44)52-25-16(39)7(31)1-8(32)22(25)49-26-9(33)2-10(38)12(4-35)46-26/h7-29,35-44H,1-6,30-34H2/t7-,8-,9+,10+,11-,12+,13-,14-,15+,16-,17-,18-,19+,20+,21-,22-,23+,24-,25-,26-,27-,28-,29+/m1/s1. The van der Waals surface area contributed by atoms with Gasteiger partial charge in [-0.25, -0.2) is 0 Å². The van der Waals surface area contributed by atoms with Gasteiger partial charge in [0.1, 0.15) is 79.4 Å². The van der Waals surface area contributed by atoms with Crippen LogP contribution in [-0.2, 0) is 37.9 Å². The van der Waals surface area contributed by atoms with Crippen LogP contribution in [0.2, 0.25) is 0 Å². The SMILES string of the molecule is NC[C@H]1O[C@H](O[C@@H]2[C@@H](O)[C@H](O[C@@H]3[C@H](O)[C@H](N)C[C@@H](N)[C@H]3O[C@H]3O[C@@H](CO)[C@@H](O)C[C@@H]3N)O[C@@H]2CO)[C@@H](N)[C@@H](O[C@H]2O[C@H](CO)[C@@H](O)[C@H](O)[C@@H]2O)[C@@H]1O. The van der Waals surface area contributed by atoms with Crippen LogP contribution >= 0.6 is 0 Å². The van der Waals surface area contributed by atoms with Crippen molar-refractivity contribution in [2.45, 2.75) is 154 Å². The topological polar surface area (TPSA) is 406 Å². The fourth-order valence-corrected chi connectivity index (χ4v) is 7.17. The lowest BCUT2D eigenvalue weighted by Gasteiger charge is -2.47. The van der Waals surface area contributed by atoms with E-state index in [1.807, 2.05) is 0 Å². The minimum Gasteiger partial charge on any atom is -0.394 e. The van der Waals surface area contributed by atoms with Gasteiger partial charge in [-0.05, 0) is 12.8 Å². The van der Waals surface area contributed by atoms with Crippen molar-refractivity contribution < 1.29 is 89.0 Å². The van der Waals surface area contributed by atoms with Gasteiger partial charge in [0.05, 0.1) is 44.1 Å². The van der Waals surface area contributed by atoms with Crippen molar-refractivity contribution in [1.82, 2.24) is 0 Å². The number of nitrogens with two attached hydrogens (primary N) is 5. The second kappa shape index (κ2) is 17.9. The van der Waals surface area contributed by atoms with Gasteiger partial charge in [0.15, 0.2) is 25.2 Å². The van der Waals surface area contributed by atoms with Crippen LogP contribution in [0.1, 0.15) is 12.8 Å². The van der Waals surface area contributed by atoms with Crippen molar-refractivity contribution in [2.24, 2.45) is 28.7 Å². The average molecular weight is 762 g/mol. The fraction of sp³-hybridized carbons (Fsp3) is 1.00. The van der Waals surface area contributed by atoms with Crippen LogP contribution in [-0.4, -0.2) is 218 Å². The second-order valence-electron chi connectivity index (χ2n) is 13.9. The molecule has 5 aliphatic rings. The van der Waals surface area contributed by atoms with E-state index in [0.29, 0.717) is 0 Å². The van der Waals surface area contributed by atoms with Crippen LogP contribution in [0.25, 0.3) is 0 Å². The summed E-state index contributed by atoms with van der Waals surface area (Å²) in [5.74, 6) is 0. The van der Waals surface area contributed by atoms with Crippen molar-refractivity contribution >= 4 is 0 Å². The Balaban J connectivity index is 1.30. The summed E-state index contributed by atoms with van der Waals surface area (Å²) >= 11 is 0. The van der Waals surface area contributed by atoms with E-state index < -0.39 is 161 Å². The molecule has 4 aliphatic heterocycles. The molecule has 0 aromatic carbocycles. The molecule has 4 heterocycles. The second-order valence-corrected chi connectivity index (χ2v) is 13.9. The Hall–Kier alpha value is -0.920. The zero-order valence-electron chi connectivity index (χ0n) is 28.1. The Morgan fingerprint density at radius 1 is 0.442 bits per heavy atom. The highest BCUT2D eigenvalue weighted by Gasteiger charge is 2.55. The summed E-state index contributed by atoms with van der Waals surface area (Å²) in [6.45, 7) is -2.29. The third-order valence-electron chi connectivity index (χ3n) is 10.3. The lowest BCUT2D eigenvalue weighted by molar-refractivity contribution is -0.345. The molecule has 4 saturated heterocycles. The van der Waals surface area contributed by atoms with Gasteiger partial charge in [-0.3, -0.25) is 0 Å². The normalized spacial score (nSPS) is 53.2. The number of hydrogen-bond acceptors (Lipinski definition) is 23. The number of aliphatic hydroxyl groups is 10. The molecule has 304 valence electrons. The smallest absolute Gasteiger partial charge is 0.187 e. The minimum atomic E-state index is -1.83. The van der Waals surface area contributed by atoms with Gasteiger partial charge < -0.3 is 118 Å². The summed E-state index contributed by atoms with van der Waals surface area (Å²) in [6, 6.07) is -4.02. The van der Waals surface area contributed by atoms with Crippen molar-refractivity contribution in [1.29, 1.82) is 0 Å². The maximum atomic E-state index is 11.4. The molecule has 0 radical (unpaired) electrons. The maximum absolute atomic E-state index is 11.4. The molecule has 23 heteroatoms. The van der Waals surface area contributed by atoms with Crippen molar-refractivity contribution in [3.05, 3.63) is 0 Å². The zero-order valence-corrected chi connectivity index (χ0v) is 28.1. The zero-order chi connectivity index (χ0) is 38.2. The van der Waals surface area contributed by atoms with Crippen LogP contribution in [0.4, 0.5) is 0 Å². The lowest BCUT2D eigenvalue weighted by Crippen LogP contribution is -2.67. The molecular weight excluding hydrogens is 706 g/mol. The van der Waals surface area contributed by atoms with E-state index in [9.17, 15) is 51.1 Å². The molecule has 23 atom stereocenters. The van der Waals surface area contributed by atoms with E-state index in [1.165, 1.54) is 0 Å². The molecule has 0 aromatic rings. The van der Waals surface area contributed by atoms with Crippen LogP contribution in [0.15, 0.2) is 0 Å². The third-order valence-corrected chi connectivity index (χ3v) is 10.3. The highest BCUT2D eigenvalue weighted by atomic mass is 16.8. The Labute approximate surface area is 297 Å². The monoisotopic (exact) mass is 761 g/mol. The predicted molar refractivity (Wildman–Crippen MR) is 168 cm³/mol. The van der Waals surface area contributed by atoms with E-state index in [1.54, 1.807) is 0 Å². The van der Waals surface area contributed by atoms with Crippen LogP contribution in [0.5, 0.6) is 0 Å². The van der Waals surface area contributed by atoms with E-state index in [-0.39, 0.29) is 19.4 Å². The number of ether oxygens (including phenoxy) is 8. The van der Waals surface area contributed by atoms with Crippen LogP contribution < -0.4 is 28.7 Å². The molecule has 1 aliphatic carbocycles. The van der Waals surface area contributed by atoms with E-state index in [0.717, 1.165) is 0 Å². The van der Waals surface area contributed by atoms with Gasteiger partial charge in [0.2, 0.25) is 0 Å². The molecule has 5 fully saturated rings. The predicted octanol–water partition coefficient (Wildman–Crippen LogP) is -10.0. The molecule has 52 heavy (non-hydrogen) atoms. The molecule has 0 spiro atoms. The molecule has 23 nitrogen and oxygen atoms in total. The summed E-state index contributed by atoms with van der Waals surface area (Å²) < 4.78 is 46.5. The first kappa shape index (κ1) is 42.2. The average Bonchev–Trinajstić information content (AvgIpc) is 3.41. The summed E-state index contributed by atoms with van der Waals surface area (Å²) in [7, 11) is 0. The summed E-state index contributed by atoms with van der Waals surface area (Å²) in [5, 5.41) is 104.